The van der Waals surface area contributed by atoms with Crippen molar-refractivity contribution >= 4 is 11.9 Å². The zero-order chi connectivity index (χ0) is 29.4. The molecule has 0 aliphatic carbocycles. The summed E-state index contributed by atoms with van der Waals surface area (Å²) >= 11 is 0. The van der Waals surface area contributed by atoms with Gasteiger partial charge in [0.15, 0.2) is 5.82 Å². The first-order valence-corrected chi connectivity index (χ1v) is 12.9. The van der Waals surface area contributed by atoms with Crippen molar-refractivity contribution in [1.82, 2.24) is 14.9 Å². The van der Waals surface area contributed by atoms with Gasteiger partial charge in [0.2, 0.25) is 0 Å². The molecule has 0 radical (unpaired) electrons. The number of nitriles is 1. The molecule has 3 aromatic rings. The largest absolute Gasteiger partial charge is 0.491 e. The van der Waals surface area contributed by atoms with Crippen LogP contribution in [0.5, 0.6) is 0 Å². The second kappa shape index (κ2) is 13.3. The SMILES string of the molecule is CCc1c(CCN(C)CC(=O)OC(=O)C(F)(F)F)cccc1-c1cnc(-c2ccc(CC(C)C)c(C#N)c2)nc1. The molecule has 1 heterocycles. The number of hydrogen-bond donors (Lipinski definition) is 0. The van der Waals surface area contributed by atoms with E-state index in [1.165, 1.54) is 4.90 Å². The summed E-state index contributed by atoms with van der Waals surface area (Å²) in [7, 11) is 1.56. The summed E-state index contributed by atoms with van der Waals surface area (Å²) in [5.41, 5.74) is 6.22. The highest BCUT2D eigenvalue weighted by atomic mass is 19.4. The van der Waals surface area contributed by atoms with E-state index in [0.29, 0.717) is 36.7 Å². The molecule has 0 N–H and O–H groups in total. The molecule has 0 amide bonds. The number of nitrogens with zero attached hydrogens (tertiary/aromatic N) is 4. The molecule has 0 aliphatic rings. The van der Waals surface area contributed by atoms with Gasteiger partial charge in [-0.25, -0.2) is 14.8 Å². The lowest BCUT2D eigenvalue weighted by Crippen LogP contribution is -2.34. The summed E-state index contributed by atoms with van der Waals surface area (Å²) in [5, 5.41) is 9.59. The minimum absolute atomic E-state index is 0.356. The van der Waals surface area contributed by atoms with Crippen LogP contribution in [0.1, 0.15) is 43.0 Å². The van der Waals surface area contributed by atoms with E-state index in [2.05, 4.69) is 34.6 Å². The van der Waals surface area contributed by atoms with Crippen LogP contribution >= 0.6 is 0 Å². The summed E-state index contributed by atoms with van der Waals surface area (Å²) in [5.74, 6) is -2.83. The molecule has 40 heavy (non-hydrogen) atoms. The number of likely N-dealkylation sites (N-methyl/N-ethyl adjacent to an activating group) is 1. The molecule has 0 unspecified atom stereocenters. The number of hydrogen-bond acceptors (Lipinski definition) is 7. The third-order valence-electron chi connectivity index (χ3n) is 6.31. The number of alkyl halides is 3. The van der Waals surface area contributed by atoms with Gasteiger partial charge < -0.3 is 4.74 Å². The molecule has 1 aromatic heterocycles. The van der Waals surface area contributed by atoms with Crippen LogP contribution in [0.25, 0.3) is 22.5 Å². The Kier molecular flexibility index (Phi) is 10.1. The average molecular weight is 553 g/mol. The van der Waals surface area contributed by atoms with Crippen molar-refractivity contribution in [2.24, 2.45) is 5.92 Å². The van der Waals surface area contributed by atoms with Crippen LogP contribution in [-0.4, -0.2) is 53.1 Å². The van der Waals surface area contributed by atoms with Crippen LogP contribution < -0.4 is 0 Å². The van der Waals surface area contributed by atoms with Crippen molar-refractivity contribution in [2.75, 3.05) is 20.1 Å². The number of carbonyl (C=O) groups is 2. The summed E-state index contributed by atoms with van der Waals surface area (Å²) in [6.07, 6.45) is 0.318. The van der Waals surface area contributed by atoms with Crippen LogP contribution in [0.3, 0.4) is 0 Å². The standard InChI is InChI=1S/C30H31F3N4O3/c1-5-25-20(11-12-37(4)18-27(38)40-29(39)30(31,32)33)7-6-8-26(25)24-16-35-28(36-17-24)22-10-9-21(13-19(2)3)23(14-22)15-34/h6-10,14,16-17,19H,5,11-13,18H2,1-4H3. The first-order chi connectivity index (χ1) is 18.9. The van der Waals surface area contributed by atoms with E-state index in [4.69, 9.17) is 0 Å². The minimum atomic E-state index is -5.22. The van der Waals surface area contributed by atoms with Gasteiger partial charge in [0.25, 0.3) is 0 Å². The first kappa shape index (κ1) is 30.4. The third kappa shape index (κ3) is 7.96. The topological polar surface area (TPSA) is 96.2 Å². The number of benzene rings is 2. The molecule has 0 bridgehead atoms. The maximum Gasteiger partial charge on any atom is 0.491 e. The van der Waals surface area contributed by atoms with Crippen LogP contribution in [0.2, 0.25) is 0 Å². The highest BCUT2D eigenvalue weighted by Gasteiger charge is 2.42. The van der Waals surface area contributed by atoms with Gasteiger partial charge in [0.05, 0.1) is 18.2 Å². The molecule has 2 aromatic carbocycles. The van der Waals surface area contributed by atoms with Crippen molar-refractivity contribution in [3.8, 4) is 28.6 Å². The van der Waals surface area contributed by atoms with E-state index in [9.17, 15) is 28.0 Å². The zero-order valence-corrected chi connectivity index (χ0v) is 22.9. The Hall–Kier alpha value is -4.10. The molecule has 0 fully saturated rings. The lowest BCUT2D eigenvalue weighted by Gasteiger charge is -2.18. The highest BCUT2D eigenvalue weighted by molar-refractivity contribution is 5.89. The van der Waals surface area contributed by atoms with Crippen LogP contribution in [0, 0.1) is 17.2 Å². The van der Waals surface area contributed by atoms with E-state index in [0.717, 1.165) is 39.8 Å². The molecular formula is C30H31F3N4O3. The molecule has 0 atom stereocenters. The fourth-order valence-electron chi connectivity index (χ4n) is 4.41. The zero-order valence-electron chi connectivity index (χ0n) is 22.9. The van der Waals surface area contributed by atoms with Gasteiger partial charge in [-0.15, -0.1) is 0 Å². The molecule has 210 valence electrons. The number of rotatable bonds is 10. The predicted molar refractivity (Wildman–Crippen MR) is 144 cm³/mol. The maximum absolute atomic E-state index is 12.3. The van der Waals surface area contributed by atoms with Gasteiger partial charge >= 0.3 is 18.1 Å². The lowest BCUT2D eigenvalue weighted by atomic mass is 9.93. The Morgan fingerprint density at radius 3 is 2.38 bits per heavy atom. The fourth-order valence-corrected chi connectivity index (χ4v) is 4.41. The number of halogens is 3. The summed E-state index contributed by atoms with van der Waals surface area (Å²) in [6, 6.07) is 13.8. The van der Waals surface area contributed by atoms with Gasteiger partial charge in [0.1, 0.15) is 0 Å². The molecule has 0 spiro atoms. The van der Waals surface area contributed by atoms with Crippen LogP contribution in [0.15, 0.2) is 48.8 Å². The Bertz CT molecular complexity index is 1400. The van der Waals surface area contributed by atoms with Crippen molar-refractivity contribution in [3.05, 3.63) is 71.0 Å². The third-order valence-corrected chi connectivity index (χ3v) is 6.31. The highest BCUT2D eigenvalue weighted by Crippen LogP contribution is 2.28. The van der Waals surface area contributed by atoms with Crippen molar-refractivity contribution in [2.45, 2.75) is 46.2 Å². The number of esters is 2. The Morgan fingerprint density at radius 1 is 1.07 bits per heavy atom. The maximum atomic E-state index is 12.3. The van der Waals surface area contributed by atoms with Crippen molar-refractivity contribution in [1.29, 1.82) is 5.26 Å². The van der Waals surface area contributed by atoms with Crippen molar-refractivity contribution < 1.29 is 27.5 Å². The molecule has 0 saturated heterocycles. The second-order valence-electron chi connectivity index (χ2n) is 9.92. The van der Waals surface area contributed by atoms with Gasteiger partial charge in [-0.1, -0.05) is 51.1 Å². The molecule has 3 rings (SSSR count). The van der Waals surface area contributed by atoms with E-state index in [-0.39, 0.29) is 0 Å². The molecular weight excluding hydrogens is 521 g/mol. The summed E-state index contributed by atoms with van der Waals surface area (Å²) in [4.78, 5) is 33.2. The quantitative estimate of drug-likeness (QED) is 0.240. The Labute approximate surface area is 231 Å². The van der Waals surface area contributed by atoms with Crippen LogP contribution in [-0.2, 0) is 33.6 Å². The molecule has 7 nitrogen and oxygen atoms in total. The molecule has 0 saturated carbocycles. The average Bonchev–Trinajstić information content (AvgIpc) is 2.91. The monoisotopic (exact) mass is 552 g/mol. The van der Waals surface area contributed by atoms with Gasteiger partial charge in [0, 0.05) is 30.1 Å². The van der Waals surface area contributed by atoms with E-state index < -0.39 is 24.7 Å². The second-order valence-corrected chi connectivity index (χ2v) is 9.92. The Balaban J connectivity index is 1.73. The van der Waals surface area contributed by atoms with Gasteiger partial charge in [-0.3, -0.25) is 9.69 Å². The van der Waals surface area contributed by atoms with E-state index in [1.54, 1.807) is 19.4 Å². The van der Waals surface area contributed by atoms with Gasteiger partial charge in [-0.2, -0.15) is 18.4 Å². The van der Waals surface area contributed by atoms with Gasteiger partial charge in [-0.05, 0) is 60.5 Å². The number of ether oxygens (including phenoxy) is 1. The number of carbonyl (C=O) groups excluding carboxylic acids is 2. The molecule has 0 aliphatic heterocycles. The minimum Gasteiger partial charge on any atom is -0.385 e. The summed E-state index contributed by atoms with van der Waals surface area (Å²) < 4.78 is 40.8. The predicted octanol–water partition coefficient (Wildman–Crippen LogP) is 5.55. The smallest absolute Gasteiger partial charge is 0.385 e. The van der Waals surface area contributed by atoms with E-state index in [1.807, 2.05) is 43.3 Å². The van der Waals surface area contributed by atoms with E-state index >= 15 is 0 Å². The van der Waals surface area contributed by atoms with Crippen molar-refractivity contribution in [3.63, 3.8) is 0 Å². The van der Waals surface area contributed by atoms with Crippen LogP contribution in [0.4, 0.5) is 13.2 Å². The summed E-state index contributed by atoms with van der Waals surface area (Å²) in [6.45, 7) is 6.14. The number of aromatic nitrogens is 2. The Morgan fingerprint density at radius 2 is 1.77 bits per heavy atom. The first-order valence-electron chi connectivity index (χ1n) is 12.9. The fraction of sp³-hybridized carbons (Fsp3) is 0.367. The lowest BCUT2D eigenvalue weighted by molar-refractivity contribution is -0.202. The molecule has 10 heteroatoms. The normalized spacial score (nSPS) is 11.5.